The molecule has 2 rings (SSSR count). The molecule has 0 aliphatic carbocycles. The Labute approximate surface area is 161 Å². The third-order valence-electron chi connectivity index (χ3n) is 4.31. The van der Waals surface area contributed by atoms with Crippen LogP contribution in [0.3, 0.4) is 0 Å². The van der Waals surface area contributed by atoms with Crippen LogP contribution in [0.4, 0.5) is 5.69 Å². The van der Waals surface area contributed by atoms with E-state index in [0.717, 1.165) is 23.9 Å². The van der Waals surface area contributed by atoms with E-state index in [2.05, 4.69) is 94.6 Å². The van der Waals surface area contributed by atoms with Gasteiger partial charge in [0.2, 0.25) is 0 Å². The van der Waals surface area contributed by atoms with Crippen LogP contribution in [0.5, 0.6) is 0 Å². The number of unbranched alkanes of at least 4 members (excludes halogenated alkanes) is 1. The first-order chi connectivity index (χ1) is 12.3. The summed E-state index contributed by atoms with van der Waals surface area (Å²) in [6.07, 6.45) is 12.5. The van der Waals surface area contributed by atoms with Crippen molar-refractivity contribution in [3.05, 3.63) is 83.4 Å². The number of allylic oxidation sites excluding steroid dienone is 2. The first kappa shape index (κ1) is 19.5. The van der Waals surface area contributed by atoms with Gasteiger partial charge in [-0.15, -0.1) is 6.58 Å². The molecule has 0 aromatic heterocycles. The van der Waals surface area contributed by atoms with Crippen LogP contribution in [0.1, 0.15) is 37.7 Å². The van der Waals surface area contributed by atoms with Crippen LogP contribution >= 0.6 is 15.9 Å². The minimum Gasteiger partial charge on any atom is -0.385 e. The summed E-state index contributed by atoms with van der Waals surface area (Å²) in [6, 6.07) is 18.9. The molecule has 1 atom stereocenters. The molecule has 2 aromatic rings. The highest BCUT2D eigenvalue weighted by molar-refractivity contribution is 9.10. The van der Waals surface area contributed by atoms with E-state index in [4.69, 9.17) is 0 Å². The predicted molar refractivity (Wildman–Crippen MR) is 115 cm³/mol. The Morgan fingerprint density at radius 2 is 1.72 bits per heavy atom. The average molecular weight is 398 g/mol. The Morgan fingerprint density at radius 1 is 0.960 bits per heavy atom. The second-order valence-electron chi connectivity index (χ2n) is 6.36. The Morgan fingerprint density at radius 3 is 2.44 bits per heavy atom. The van der Waals surface area contributed by atoms with Gasteiger partial charge in [0.15, 0.2) is 0 Å². The summed E-state index contributed by atoms with van der Waals surface area (Å²) in [5.41, 5.74) is 2.47. The third-order valence-corrected chi connectivity index (χ3v) is 4.84. The molecule has 1 unspecified atom stereocenters. The maximum absolute atomic E-state index is 3.87. The number of nitrogens with one attached hydrogen (secondary N) is 1. The van der Waals surface area contributed by atoms with Crippen molar-refractivity contribution in [1.82, 2.24) is 0 Å². The molecule has 25 heavy (non-hydrogen) atoms. The van der Waals surface area contributed by atoms with Gasteiger partial charge in [0.1, 0.15) is 0 Å². The molecule has 0 spiro atoms. The minimum atomic E-state index is 0.687. The summed E-state index contributed by atoms with van der Waals surface area (Å²) in [5.74, 6) is 0.687. The highest BCUT2D eigenvalue weighted by atomic mass is 79.9. The molecule has 0 amide bonds. The van der Waals surface area contributed by atoms with Crippen molar-refractivity contribution in [2.45, 2.75) is 32.1 Å². The van der Waals surface area contributed by atoms with E-state index in [9.17, 15) is 0 Å². The topological polar surface area (TPSA) is 12.0 Å². The van der Waals surface area contributed by atoms with Crippen molar-refractivity contribution < 1.29 is 0 Å². The molecular formula is C23H28BrN. The lowest BCUT2D eigenvalue weighted by Crippen LogP contribution is -2.14. The minimum absolute atomic E-state index is 0.687. The summed E-state index contributed by atoms with van der Waals surface area (Å²) < 4.78 is 1.12. The second kappa shape index (κ2) is 11.7. The van der Waals surface area contributed by atoms with Crippen LogP contribution in [0.2, 0.25) is 0 Å². The number of rotatable bonds is 11. The van der Waals surface area contributed by atoms with E-state index in [1.807, 2.05) is 6.08 Å². The second-order valence-corrected chi connectivity index (χ2v) is 7.28. The van der Waals surface area contributed by atoms with Gasteiger partial charge in [0.05, 0.1) is 0 Å². The first-order valence-corrected chi connectivity index (χ1v) is 9.89. The van der Waals surface area contributed by atoms with E-state index < -0.39 is 0 Å². The van der Waals surface area contributed by atoms with Gasteiger partial charge in [-0.2, -0.15) is 0 Å². The molecule has 0 aliphatic heterocycles. The smallest absolute Gasteiger partial charge is 0.0341 e. The zero-order valence-corrected chi connectivity index (χ0v) is 16.4. The van der Waals surface area contributed by atoms with E-state index >= 15 is 0 Å². The van der Waals surface area contributed by atoms with Crippen LogP contribution < -0.4 is 5.32 Å². The quantitative estimate of drug-likeness (QED) is 0.309. The van der Waals surface area contributed by atoms with Gasteiger partial charge < -0.3 is 5.32 Å². The predicted octanol–water partition coefficient (Wildman–Crippen LogP) is 7.33. The van der Waals surface area contributed by atoms with E-state index in [-0.39, 0.29) is 0 Å². The van der Waals surface area contributed by atoms with Gasteiger partial charge in [-0.3, -0.25) is 0 Å². The fourth-order valence-corrected chi connectivity index (χ4v) is 3.10. The molecule has 1 N–H and O–H groups in total. The molecule has 0 aliphatic rings. The zero-order chi connectivity index (χ0) is 17.7. The molecule has 0 heterocycles. The monoisotopic (exact) mass is 397 g/mol. The molecule has 0 saturated heterocycles. The van der Waals surface area contributed by atoms with Crippen LogP contribution in [-0.4, -0.2) is 6.54 Å². The normalized spacial score (nSPS) is 12.2. The van der Waals surface area contributed by atoms with Crippen LogP contribution in [0.15, 0.2) is 77.8 Å². The summed E-state index contributed by atoms with van der Waals surface area (Å²) in [6.45, 7) is 4.89. The lowest BCUT2D eigenvalue weighted by molar-refractivity contribution is 0.463. The maximum Gasteiger partial charge on any atom is 0.0341 e. The van der Waals surface area contributed by atoms with Gasteiger partial charge in [-0.25, -0.2) is 0 Å². The summed E-state index contributed by atoms with van der Waals surface area (Å²) >= 11 is 3.48. The van der Waals surface area contributed by atoms with Gasteiger partial charge in [0.25, 0.3) is 0 Å². The van der Waals surface area contributed by atoms with Gasteiger partial charge in [-0.05, 0) is 67.9 Å². The highest BCUT2D eigenvalue weighted by Gasteiger charge is 2.07. The summed E-state index contributed by atoms with van der Waals surface area (Å²) in [7, 11) is 0. The lowest BCUT2D eigenvalue weighted by Gasteiger charge is -2.17. The Kier molecular flexibility index (Phi) is 9.14. The van der Waals surface area contributed by atoms with E-state index in [0.29, 0.717) is 5.92 Å². The Balaban J connectivity index is 1.73. The van der Waals surface area contributed by atoms with Crippen molar-refractivity contribution in [2.24, 2.45) is 5.92 Å². The number of halogens is 1. The number of hydrogen-bond donors (Lipinski definition) is 1. The fraction of sp³-hybridized carbons (Fsp3) is 0.304. The van der Waals surface area contributed by atoms with Crippen LogP contribution in [0.25, 0.3) is 6.08 Å². The molecule has 0 fully saturated rings. The fourth-order valence-electron chi connectivity index (χ4n) is 2.84. The average Bonchev–Trinajstić information content (AvgIpc) is 2.65. The summed E-state index contributed by atoms with van der Waals surface area (Å²) in [5, 5.41) is 3.57. The van der Waals surface area contributed by atoms with Crippen molar-refractivity contribution >= 4 is 27.7 Å². The molecule has 1 nitrogen and oxygen atoms in total. The molecule has 0 saturated carbocycles. The number of hydrogen-bond acceptors (Lipinski definition) is 1. The van der Waals surface area contributed by atoms with Crippen molar-refractivity contribution in [2.75, 3.05) is 11.9 Å². The lowest BCUT2D eigenvalue weighted by atomic mass is 9.96. The largest absolute Gasteiger partial charge is 0.385 e. The highest BCUT2D eigenvalue weighted by Crippen LogP contribution is 2.19. The first-order valence-electron chi connectivity index (χ1n) is 9.10. The summed E-state index contributed by atoms with van der Waals surface area (Å²) in [4.78, 5) is 0. The molecule has 132 valence electrons. The van der Waals surface area contributed by atoms with Gasteiger partial charge in [0, 0.05) is 16.7 Å². The van der Waals surface area contributed by atoms with Crippen molar-refractivity contribution in [3.63, 3.8) is 0 Å². The molecular weight excluding hydrogens is 370 g/mol. The molecule has 0 radical (unpaired) electrons. The van der Waals surface area contributed by atoms with Gasteiger partial charge >= 0.3 is 0 Å². The van der Waals surface area contributed by atoms with E-state index in [1.165, 1.54) is 30.5 Å². The number of benzene rings is 2. The van der Waals surface area contributed by atoms with Crippen LogP contribution in [0, 0.1) is 5.92 Å². The van der Waals surface area contributed by atoms with Gasteiger partial charge in [-0.1, -0.05) is 64.5 Å². The zero-order valence-electron chi connectivity index (χ0n) is 14.8. The maximum atomic E-state index is 3.87. The molecule has 0 bridgehead atoms. The third kappa shape index (κ3) is 8.22. The SMILES string of the molecule is C=CCCC(CCC/C=C/c1ccccc1)CNc1ccc(Br)cc1. The molecule has 2 heteroatoms. The Bertz CT molecular complexity index is 631. The van der Waals surface area contributed by atoms with Crippen molar-refractivity contribution in [1.29, 1.82) is 0 Å². The number of anilines is 1. The van der Waals surface area contributed by atoms with Crippen molar-refractivity contribution in [3.8, 4) is 0 Å². The van der Waals surface area contributed by atoms with E-state index in [1.54, 1.807) is 0 Å². The Hall–Kier alpha value is -1.80. The molecule has 2 aromatic carbocycles. The standard InChI is InChI=1S/C23H28BrN/c1-2-3-10-21(19-25-23-17-15-22(24)16-18-23)14-9-5-8-13-20-11-6-4-7-12-20/h2,4,6-8,11-13,15-18,21,25H,1,3,5,9-10,14,19H2/b13-8+. The van der Waals surface area contributed by atoms with Crippen LogP contribution in [-0.2, 0) is 0 Å².